The first kappa shape index (κ1) is 8.33. The quantitative estimate of drug-likeness (QED) is 0.583. The van der Waals surface area contributed by atoms with Gasteiger partial charge in [0.05, 0.1) is 5.54 Å². The van der Waals surface area contributed by atoms with E-state index in [1.807, 2.05) is 6.92 Å². The van der Waals surface area contributed by atoms with Crippen molar-refractivity contribution in [3.05, 3.63) is 0 Å². The molecule has 0 spiro atoms. The fraction of sp³-hybridized carbons (Fsp3) is 0.857. The predicted molar refractivity (Wildman–Crippen MR) is 41.4 cm³/mol. The minimum atomic E-state index is -0.851. The molecule has 1 atom stereocenters. The number of nitrogens with zero attached hydrogens (tertiary/aromatic N) is 1. The van der Waals surface area contributed by atoms with Gasteiger partial charge in [-0.05, 0) is 19.8 Å². The smallest absolute Gasteiger partial charge is 0.407 e. The summed E-state index contributed by atoms with van der Waals surface area (Å²) in [6.07, 6.45) is 0.964. The average Bonchev–Trinajstić information content (AvgIpc) is 2.32. The largest absolute Gasteiger partial charge is 0.465 e. The fourth-order valence-corrected chi connectivity index (χ4v) is 1.56. The fourth-order valence-electron chi connectivity index (χ4n) is 1.56. The third kappa shape index (κ3) is 1.30. The van der Waals surface area contributed by atoms with E-state index < -0.39 is 6.09 Å². The molecule has 1 fully saturated rings. The molecule has 1 amide bonds. The molecule has 4 nitrogen and oxygen atoms in total. The van der Waals surface area contributed by atoms with Crippen LogP contribution in [-0.4, -0.2) is 34.7 Å². The molecule has 0 saturated carbocycles. The third-order valence-electron chi connectivity index (χ3n) is 2.42. The van der Waals surface area contributed by atoms with E-state index in [1.165, 1.54) is 4.90 Å². The van der Waals surface area contributed by atoms with E-state index in [9.17, 15) is 4.79 Å². The van der Waals surface area contributed by atoms with E-state index in [0.29, 0.717) is 13.1 Å². The van der Waals surface area contributed by atoms with Crippen molar-refractivity contribution in [2.75, 3.05) is 13.1 Å². The molecule has 64 valence electrons. The molecule has 1 aliphatic heterocycles. The summed E-state index contributed by atoms with van der Waals surface area (Å²) < 4.78 is 0. The lowest BCUT2D eigenvalue weighted by atomic mass is 10.00. The maximum atomic E-state index is 10.6. The molecule has 3 N–H and O–H groups in total. The number of carboxylic acid groups (broad SMARTS) is 1. The predicted octanol–water partition coefficient (Wildman–Crippen LogP) is 0.478. The average molecular weight is 158 g/mol. The van der Waals surface area contributed by atoms with Gasteiger partial charge in [0.25, 0.3) is 0 Å². The normalized spacial score (nSPS) is 30.9. The Morgan fingerprint density at radius 3 is 2.82 bits per heavy atom. The number of carbonyl (C=O) groups is 1. The van der Waals surface area contributed by atoms with Crippen molar-refractivity contribution in [1.82, 2.24) is 4.90 Å². The van der Waals surface area contributed by atoms with E-state index in [0.717, 1.165) is 12.8 Å². The van der Waals surface area contributed by atoms with E-state index in [-0.39, 0.29) is 5.54 Å². The minimum absolute atomic E-state index is 0.314. The first-order chi connectivity index (χ1) is 5.10. The number of likely N-dealkylation sites (tertiary alicyclic amines) is 1. The molecule has 0 unspecified atom stereocenters. The second kappa shape index (κ2) is 2.70. The van der Waals surface area contributed by atoms with Crippen LogP contribution in [-0.2, 0) is 0 Å². The molecule has 1 aliphatic rings. The monoisotopic (exact) mass is 158 g/mol. The first-order valence-electron chi connectivity index (χ1n) is 3.81. The van der Waals surface area contributed by atoms with Crippen molar-refractivity contribution in [2.45, 2.75) is 25.3 Å². The number of hydrogen-bond donors (Lipinski definition) is 2. The molecule has 0 aliphatic carbocycles. The SMILES string of the molecule is C[C@@]1(CN)CCCN1C(=O)O. The van der Waals surface area contributed by atoms with Gasteiger partial charge < -0.3 is 15.7 Å². The van der Waals surface area contributed by atoms with Gasteiger partial charge in [0, 0.05) is 13.1 Å². The summed E-state index contributed by atoms with van der Waals surface area (Å²) in [5.74, 6) is 0. The lowest BCUT2D eigenvalue weighted by Gasteiger charge is -2.31. The summed E-state index contributed by atoms with van der Waals surface area (Å²) in [4.78, 5) is 12.1. The van der Waals surface area contributed by atoms with Crippen molar-refractivity contribution in [3.8, 4) is 0 Å². The molecule has 1 heterocycles. The Morgan fingerprint density at radius 1 is 1.82 bits per heavy atom. The van der Waals surface area contributed by atoms with Gasteiger partial charge in [0.1, 0.15) is 0 Å². The zero-order chi connectivity index (χ0) is 8.48. The van der Waals surface area contributed by atoms with Crippen LogP contribution in [0.4, 0.5) is 4.79 Å². The summed E-state index contributed by atoms with van der Waals surface area (Å²) in [5.41, 5.74) is 5.18. The molecule has 0 aromatic carbocycles. The Morgan fingerprint density at radius 2 is 2.45 bits per heavy atom. The summed E-state index contributed by atoms with van der Waals surface area (Å²) in [6.45, 7) is 2.94. The molecule has 11 heavy (non-hydrogen) atoms. The Bertz CT molecular complexity index is 172. The molecular formula is C7H14N2O2. The number of amides is 1. The molecule has 0 aromatic rings. The summed E-state index contributed by atoms with van der Waals surface area (Å²) >= 11 is 0. The van der Waals surface area contributed by atoms with Gasteiger partial charge in [-0.25, -0.2) is 4.79 Å². The van der Waals surface area contributed by atoms with Gasteiger partial charge in [-0.15, -0.1) is 0 Å². The second-order valence-corrected chi connectivity index (χ2v) is 3.24. The highest BCUT2D eigenvalue weighted by molar-refractivity contribution is 5.66. The van der Waals surface area contributed by atoms with Gasteiger partial charge in [-0.1, -0.05) is 0 Å². The molecular weight excluding hydrogens is 144 g/mol. The highest BCUT2D eigenvalue weighted by Crippen LogP contribution is 2.27. The molecule has 1 saturated heterocycles. The summed E-state index contributed by atoms with van der Waals surface area (Å²) in [6, 6.07) is 0. The highest BCUT2D eigenvalue weighted by Gasteiger charge is 2.38. The van der Waals surface area contributed by atoms with Crippen LogP contribution in [0, 0.1) is 0 Å². The maximum absolute atomic E-state index is 10.6. The van der Waals surface area contributed by atoms with Crippen LogP contribution in [0.15, 0.2) is 0 Å². The highest BCUT2D eigenvalue weighted by atomic mass is 16.4. The van der Waals surface area contributed by atoms with Gasteiger partial charge in [0.2, 0.25) is 0 Å². The first-order valence-corrected chi connectivity index (χ1v) is 3.81. The van der Waals surface area contributed by atoms with Crippen LogP contribution in [0.25, 0.3) is 0 Å². The van der Waals surface area contributed by atoms with E-state index in [1.54, 1.807) is 0 Å². The van der Waals surface area contributed by atoms with Crippen molar-refractivity contribution in [3.63, 3.8) is 0 Å². The van der Waals surface area contributed by atoms with Crippen LogP contribution < -0.4 is 5.73 Å². The van der Waals surface area contributed by atoms with Crippen LogP contribution in [0.1, 0.15) is 19.8 Å². The molecule has 0 bridgehead atoms. The van der Waals surface area contributed by atoms with Crippen molar-refractivity contribution >= 4 is 6.09 Å². The summed E-state index contributed by atoms with van der Waals surface area (Å²) in [5, 5.41) is 8.75. The molecule has 4 heteroatoms. The van der Waals surface area contributed by atoms with Crippen LogP contribution in [0.3, 0.4) is 0 Å². The van der Waals surface area contributed by atoms with Gasteiger partial charge >= 0.3 is 6.09 Å². The number of hydrogen-bond acceptors (Lipinski definition) is 2. The van der Waals surface area contributed by atoms with Crippen molar-refractivity contribution < 1.29 is 9.90 Å². The Labute approximate surface area is 66.0 Å². The Hall–Kier alpha value is -0.770. The van der Waals surface area contributed by atoms with Crippen molar-refractivity contribution in [1.29, 1.82) is 0 Å². The van der Waals surface area contributed by atoms with Crippen LogP contribution >= 0.6 is 0 Å². The van der Waals surface area contributed by atoms with E-state index in [2.05, 4.69) is 0 Å². The number of nitrogens with two attached hydrogens (primary N) is 1. The summed E-state index contributed by atoms with van der Waals surface area (Å²) in [7, 11) is 0. The van der Waals surface area contributed by atoms with E-state index >= 15 is 0 Å². The van der Waals surface area contributed by atoms with Gasteiger partial charge in [0.15, 0.2) is 0 Å². The van der Waals surface area contributed by atoms with Crippen LogP contribution in [0.5, 0.6) is 0 Å². The van der Waals surface area contributed by atoms with E-state index in [4.69, 9.17) is 10.8 Å². The molecule has 1 rings (SSSR count). The lowest BCUT2D eigenvalue weighted by molar-refractivity contribution is 0.113. The topological polar surface area (TPSA) is 66.6 Å². The maximum Gasteiger partial charge on any atom is 0.407 e. The lowest BCUT2D eigenvalue weighted by Crippen LogP contribution is -2.49. The number of rotatable bonds is 1. The van der Waals surface area contributed by atoms with Crippen LogP contribution in [0.2, 0.25) is 0 Å². The van der Waals surface area contributed by atoms with Crippen molar-refractivity contribution in [2.24, 2.45) is 5.73 Å². The Kier molecular flexibility index (Phi) is 2.04. The minimum Gasteiger partial charge on any atom is -0.465 e. The third-order valence-corrected chi connectivity index (χ3v) is 2.42. The molecule has 0 radical (unpaired) electrons. The zero-order valence-electron chi connectivity index (χ0n) is 6.71. The Balaban J connectivity index is 2.72. The molecule has 0 aromatic heterocycles. The van der Waals surface area contributed by atoms with Gasteiger partial charge in [-0.3, -0.25) is 0 Å². The second-order valence-electron chi connectivity index (χ2n) is 3.24. The van der Waals surface area contributed by atoms with Gasteiger partial charge in [-0.2, -0.15) is 0 Å². The zero-order valence-corrected chi connectivity index (χ0v) is 6.71. The standard InChI is InChI=1S/C7H14N2O2/c1-7(5-8)3-2-4-9(7)6(10)11/h2-5,8H2,1H3,(H,10,11)/t7-/m0/s1.